The zero-order valence-electron chi connectivity index (χ0n) is 16.2. The molecule has 7 heteroatoms. The topological polar surface area (TPSA) is 78.9 Å². The van der Waals surface area contributed by atoms with Crippen molar-refractivity contribution in [3.63, 3.8) is 0 Å². The van der Waals surface area contributed by atoms with Gasteiger partial charge in [-0.3, -0.25) is 9.98 Å². The number of nitrogens with zero attached hydrogens (tertiary/aromatic N) is 3. The molecule has 0 aliphatic carbocycles. The van der Waals surface area contributed by atoms with Gasteiger partial charge >= 0.3 is 6.09 Å². The fourth-order valence-corrected chi connectivity index (χ4v) is 2.11. The van der Waals surface area contributed by atoms with E-state index in [0.29, 0.717) is 25.6 Å². The summed E-state index contributed by atoms with van der Waals surface area (Å²) < 4.78 is 5.36. The molecule has 7 nitrogen and oxygen atoms in total. The number of guanidine groups is 1. The summed E-state index contributed by atoms with van der Waals surface area (Å²) >= 11 is 0. The molecule has 0 spiro atoms. The molecule has 1 rings (SSSR count). The zero-order valence-corrected chi connectivity index (χ0v) is 16.2. The largest absolute Gasteiger partial charge is 0.444 e. The Morgan fingerprint density at radius 1 is 1.36 bits per heavy atom. The maximum absolute atomic E-state index is 12.0. The number of carbonyl (C=O) groups is 1. The normalized spacial score (nSPS) is 13.1. The van der Waals surface area contributed by atoms with Crippen LogP contribution in [0, 0.1) is 5.92 Å². The number of nitrogens with one attached hydrogen (secondary N) is 2. The highest BCUT2D eigenvalue weighted by atomic mass is 16.6. The fraction of sp³-hybridized carbons (Fsp3) is 0.611. The van der Waals surface area contributed by atoms with Crippen LogP contribution < -0.4 is 10.6 Å². The molecule has 1 aromatic rings. The Balaban J connectivity index is 2.35. The predicted molar refractivity (Wildman–Crippen MR) is 100 cm³/mol. The van der Waals surface area contributed by atoms with E-state index in [1.54, 1.807) is 25.2 Å². The van der Waals surface area contributed by atoms with Crippen LogP contribution >= 0.6 is 0 Å². The van der Waals surface area contributed by atoms with Crippen LogP contribution in [0.1, 0.15) is 33.4 Å². The summed E-state index contributed by atoms with van der Waals surface area (Å²) in [4.78, 5) is 22.1. The standard InChI is InChI=1S/C18H31N5O2/c1-14(13-23(6)17(24)25-18(2,3)4)11-21-16(19-5)22-12-15-9-7-8-10-20-15/h7-10,14H,11-13H2,1-6H3,(H2,19,21,22). The number of amides is 1. The Morgan fingerprint density at radius 3 is 2.64 bits per heavy atom. The molecule has 1 aromatic heterocycles. The number of pyridine rings is 1. The first-order valence-electron chi connectivity index (χ1n) is 8.50. The fourth-order valence-electron chi connectivity index (χ4n) is 2.11. The summed E-state index contributed by atoms with van der Waals surface area (Å²) in [5.41, 5.74) is 0.465. The van der Waals surface area contributed by atoms with E-state index in [4.69, 9.17) is 4.74 Å². The zero-order chi connectivity index (χ0) is 18.9. The van der Waals surface area contributed by atoms with Gasteiger partial charge < -0.3 is 20.3 Å². The SMILES string of the molecule is CN=C(NCc1ccccn1)NCC(C)CN(C)C(=O)OC(C)(C)C. The number of rotatable bonds is 6. The van der Waals surface area contributed by atoms with Gasteiger partial charge in [-0.25, -0.2) is 4.79 Å². The second-order valence-electron chi connectivity index (χ2n) is 7.09. The lowest BCUT2D eigenvalue weighted by Crippen LogP contribution is -2.42. The molecule has 1 unspecified atom stereocenters. The molecule has 1 atom stereocenters. The minimum Gasteiger partial charge on any atom is -0.444 e. The Morgan fingerprint density at radius 2 is 2.08 bits per heavy atom. The molecule has 0 bridgehead atoms. The monoisotopic (exact) mass is 349 g/mol. The van der Waals surface area contributed by atoms with Crippen LogP contribution in [0.15, 0.2) is 29.4 Å². The van der Waals surface area contributed by atoms with Gasteiger partial charge in [-0.2, -0.15) is 0 Å². The molecule has 1 amide bonds. The molecule has 0 aliphatic rings. The van der Waals surface area contributed by atoms with E-state index in [1.165, 1.54) is 0 Å². The number of aliphatic imine (C=N–C) groups is 1. The lowest BCUT2D eigenvalue weighted by molar-refractivity contribution is 0.0278. The summed E-state index contributed by atoms with van der Waals surface area (Å²) in [6.45, 7) is 9.55. The maximum Gasteiger partial charge on any atom is 0.410 e. The third-order valence-corrected chi connectivity index (χ3v) is 3.30. The van der Waals surface area contributed by atoms with Gasteiger partial charge in [0.05, 0.1) is 12.2 Å². The Kier molecular flexibility index (Phi) is 8.18. The quantitative estimate of drug-likeness (QED) is 0.608. The molecule has 0 aliphatic heterocycles. The number of hydrogen-bond acceptors (Lipinski definition) is 4. The van der Waals surface area contributed by atoms with E-state index in [0.717, 1.165) is 5.69 Å². The van der Waals surface area contributed by atoms with Gasteiger partial charge in [0.25, 0.3) is 0 Å². The van der Waals surface area contributed by atoms with E-state index < -0.39 is 5.60 Å². The van der Waals surface area contributed by atoms with E-state index in [2.05, 4.69) is 27.5 Å². The average molecular weight is 349 g/mol. The van der Waals surface area contributed by atoms with Gasteiger partial charge in [0, 0.05) is 33.4 Å². The molecule has 0 radical (unpaired) electrons. The number of hydrogen-bond donors (Lipinski definition) is 2. The minimum absolute atomic E-state index is 0.242. The molecular weight excluding hydrogens is 318 g/mol. The second-order valence-corrected chi connectivity index (χ2v) is 7.09. The van der Waals surface area contributed by atoms with Crippen molar-refractivity contribution in [1.82, 2.24) is 20.5 Å². The highest BCUT2D eigenvalue weighted by Crippen LogP contribution is 2.10. The third-order valence-electron chi connectivity index (χ3n) is 3.30. The molecule has 0 saturated carbocycles. The van der Waals surface area contributed by atoms with Crippen molar-refractivity contribution in [3.05, 3.63) is 30.1 Å². The summed E-state index contributed by atoms with van der Waals surface area (Å²) in [6, 6.07) is 5.80. The van der Waals surface area contributed by atoms with Crippen molar-refractivity contribution >= 4 is 12.1 Å². The van der Waals surface area contributed by atoms with Crippen molar-refractivity contribution in [3.8, 4) is 0 Å². The van der Waals surface area contributed by atoms with Crippen LogP contribution in [0.4, 0.5) is 4.79 Å². The van der Waals surface area contributed by atoms with Gasteiger partial charge in [0.2, 0.25) is 0 Å². The highest BCUT2D eigenvalue weighted by Gasteiger charge is 2.20. The summed E-state index contributed by atoms with van der Waals surface area (Å²) in [6.07, 6.45) is 1.46. The van der Waals surface area contributed by atoms with Crippen molar-refractivity contribution in [1.29, 1.82) is 0 Å². The van der Waals surface area contributed by atoms with Crippen molar-refractivity contribution < 1.29 is 9.53 Å². The Bertz CT molecular complexity index is 554. The summed E-state index contributed by atoms with van der Waals surface area (Å²) in [5, 5.41) is 6.48. The summed E-state index contributed by atoms with van der Waals surface area (Å²) in [5.74, 6) is 0.948. The van der Waals surface area contributed by atoms with Crippen LogP contribution in [0.25, 0.3) is 0 Å². The van der Waals surface area contributed by atoms with Gasteiger partial charge in [0.1, 0.15) is 5.60 Å². The minimum atomic E-state index is -0.482. The Hall–Kier alpha value is -2.31. The van der Waals surface area contributed by atoms with Gasteiger partial charge in [-0.05, 0) is 38.8 Å². The number of ether oxygens (including phenoxy) is 1. The molecule has 2 N–H and O–H groups in total. The molecular formula is C18H31N5O2. The lowest BCUT2D eigenvalue weighted by Gasteiger charge is -2.26. The van der Waals surface area contributed by atoms with Crippen LogP contribution in [-0.2, 0) is 11.3 Å². The maximum atomic E-state index is 12.0. The predicted octanol–water partition coefficient (Wildman–Crippen LogP) is 2.25. The first kappa shape index (κ1) is 20.7. The van der Waals surface area contributed by atoms with Gasteiger partial charge in [-0.15, -0.1) is 0 Å². The van der Waals surface area contributed by atoms with Crippen LogP contribution in [0.3, 0.4) is 0 Å². The van der Waals surface area contributed by atoms with Crippen LogP contribution in [0.5, 0.6) is 0 Å². The van der Waals surface area contributed by atoms with Gasteiger partial charge in [-0.1, -0.05) is 13.0 Å². The van der Waals surface area contributed by atoms with E-state index in [-0.39, 0.29) is 12.0 Å². The number of aromatic nitrogens is 1. The Labute approximate surface area is 150 Å². The lowest BCUT2D eigenvalue weighted by atomic mass is 10.1. The van der Waals surface area contributed by atoms with Gasteiger partial charge in [0.15, 0.2) is 5.96 Å². The molecule has 25 heavy (non-hydrogen) atoms. The first-order valence-corrected chi connectivity index (χ1v) is 8.50. The van der Waals surface area contributed by atoms with Crippen LogP contribution in [0.2, 0.25) is 0 Å². The first-order chi connectivity index (χ1) is 11.7. The molecule has 0 fully saturated rings. The van der Waals surface area contributed by atoms with E-state index in [9.17, 15) is 4.79 Å². The highest BCUT2D eigenvalue weighted by molar-refractivity contribution is 5.79. The van der Waals surface area contributed by atoms with Crippen molar-refractivity contribution in [2.24, 2.45) is 10.9 Å². The van der Waals surface area contributed by atoms with Crippen molar-refractivity contribution in [2.45, 2.75) is 39.8 Å². The second kappa shape index (κ2) is 9.86. The summed E-state index contributed by atoms with van der Waals surface area (Å²) in [7, 11) is 3.48. The molecule has 0 aromatic carbocycles. The molecule has 1 heterocycles. The third kappa shape index (κ3) is 8.93. The van der Waals surface area contributed by atoms with Crippen molar-refractivity contribution in [2.75, 3.05) is 27.2 Å². The van der Waals surface area contributed by atoms with E-state index >= 15 is 0 Å². The smallest absolute Gasteiger partial charge is 0.410 e. The number of carbonyl (C=O) groups excluding carboxylic acids is 1. The molecule has 0 saturated heterocycles. The van der Waals surface area contributed by atoms with Crippen LogP contribution in [-0.4, -0.2) is 54.7 Å². The average Bonchev–Trinajstić information content (AvgIpc) is 2.54. The van der Waals surface area contributed by atoms with E-state index in [1.807, 2.05) is 39.0 Å². The molecule has 140 valence electrons.